The second-order valence-electron chi connectivity index (χ2n) is 6.69. The monoisotopic (exact) mass is 322 g/mol. The summed E-state index contributed by atoms with van der Waals surface area (Å²) in [6.45, 7) is 9.16. The Kier molecular flexibility index (Phi) is 12.9. The van der Waals surface area contributed by atoms with Crippen molar-refractivity contribution in [2.75, 3.05) is 6.54 Å². The molecule has 0 bridgehead atoms. The van der Waals surface area contributed by atoms with Gasteiger partial charge in [0, 0.05) is 6.04 Å². The summed E-state index contributed by atoms with van der Waals surface area (Å²) in [5.41, 5.74) is 6.27. The highest BCUT2D eigenvalue weighted by atomic mass is 16.3. The molecular formula is C20H38N2O. The Balaban J connectivity index is 4.02. The van der Waals surface area contributed by atoms with E-state index in [-0.39, 0.29) is 5.41 Å². The molecule has 0 rings (SSSR count). The zero-order valence-corrected chi connectivity index (χ0v) is 15.8. The second-order valence-corrected chi connectivity index (χ2v) is 6.69. The van der Waals surface area contributed by atoms with E-state index in [1.807, 2.05) is 0 Å². The molecule has 1 unspecified atom stereocenters. The number of unbranched alkanes of at least 4 members (excludes halogenated alkanes) is 1. The standard InChI is InChI=1S/C20H38N2O/c1-5-18(6-2)19(21)15-13-11-9-10-12-14-16-20(7-3,8-4)17-22-23/h11-14,18-19H,5-10,15-17,21H2,1-4H3. The molecule has 134 valence electrons. The molecule has 0 amide bonds. The van der Waals surface area contributed by atoms with E-state index in [1.165, 1.54) is 12.8 Å². The number of hydrogen-bond donors (Lipinski definition) is 1. The first kappa shape index (κ1) is 22.0. The molecule has 2 N–H and O–H groups in total. The molecule has 3 nitrogen and oxygen atoms in total. The fraction of sp³-hybridized carbons (Fsp3) is 0.800. The maximum absolute atomic E-state index is 10.6. The third kappa shape index (κ3) is 9.04. The molecule has 0 saturated carbocycles. The first-order chi connectivity index (χ1) is 11.1. The third-order valence-electron chi connectivity index (χ3n) is 5.35. The van der Waals surface area contributed by atoms with Crippen LogP contribution < -0.4 is 5.73 Å². The highest BCUT2D eigenvalue weighted by Crippen LogP contribution is 2.31. The van der Waals surface area contributed by atoms with Crippen LogP contribution in [0.15, 0.2) is 29.5 Å². The number of rotatable bonds is 14. The SMILES string of the molecule is CCC(CC)C(N)CC=CCCC=CCC(CC)(CC)CN=O. The molecule has 0 aromatic heterocycles. The van der Waals surface area contributed by atoms with E-state index in [0.717, 1.165) is 38.5 Å². The quantitative estimate of drug-likeness (QED) is 0.242. The molecule has 1 atom stereocenters. The Morgan fingerprint density at radius 3 is 2.00 bits per heavy atom. The van der Waals surface area contributed by atoms with Gasteiger partial charge in [-0.15, -0.1) is 0 Å². The van der Waals surface area contributed by atoms with E-state index in [1.54, 1.807) is 0 Å². The lowest BCUT2D eigenvalue weighted by Crippen LogP contribution is -2.28. The number of nitrogens with two attached hydrogens (primary N) is 1. The van der Waals surface area contributed by atoms with Crippen LogP contribution in [0.25, 0.3) is 0 Å². The van der Waals surface area contributed by atoms with E-state index < -0.39 is 0 Å². The topological polar surface area (TPSA) is 55.4 Å². The van der Waals surface area contributed by atoms with Gasteiger partial charge in [0.2, 0.25) is 0 Å². The lowest BCUT2D eigenvalue weighted by Gasteiger charge is -2.27. The number of nitroso groups, excluding NO2 is 1. The average molecular weight is 323 g/mol. The number of nitrogens with zero attached hydrogens (tertiary/aromatic N) is 1. The Bertz CT molecular complexity index is 342. The minimum atomic E-state index is 0.0657. The van der Waals surface area contributed by atoms with Crippen LogP contribution in [0.1, 0.15) is 79.1 Å². The predicted octanol–water partition coefficient (Wildman–Crippen LogP) is 6.00. The largest absolute Gasteiger partial charge is 0.327 e. The van der Waals surface area contributed by atoms with Crippen molar-refractivity contribution in [2.45, 2.75) is 85.1 Å². The highest BCUT2D eigenvalue weighted by Gasteiger charge is 2.24. The molecule has 0 heterocycles. The van der Waals surface area contributed by atoms with Gasteiger partial charge in [0.15, 0.2) is 0 Å². The van der Waals surface area contributed by atoms with E-state index in [4.69, 9.17) is 5.73 Å². The maximum atomic E-state index is 10.6. The lowest BCUT2D eigenvalue weighted by molar-refractivity contribution is 0.277. The molecule has 23 heavy (non-hydrogen) atoms. The van der Waals surface area contributed by atoms with Crippen molar-refractivity contribution in [2.24, 2.45) is 22.2 Å². The van der Waals surface area contributed by atoms with E-state index >= 15 is 0 Å². The van der Waals surface area contributed by atoms with Crippen LogP contribution in [0.3, 0.4) is 0 Å². The van der Waals surface area contributed by atoms with Crippen LogP contribution in [0, 0.1) is 16.2 Å². The zero-order chi connectivity index (χ0) is 17.6. The molecule has 0 spiro atoms. The molecule has 3 heteroatoms. The Labute approximate surface area is 143 Å². The fourth-order valence-electron chi connectivity index (χ4n) is 3.07. The smallest absolute Gasteiger partial charge is 0.0870 e. The van der Waals surface area contributed by atoms with Crippen molar-refractivity contribution in [1.82, 2.24) is 0 Å². The summed E-state index contributed by atoms with van der Waals surface area (Å²) < 4.78 is 0. The highest BCUT2D eigenvalue weighted by molar-refractivity contribution is 4.94. The van der Waals surface area contributed by atoms with Crippen molar-refractivity contribution in [1.29, 1.82) is 0 Å². The minimum Gasteiger partial charge on any atom is -0.327 e. The normalized spacial score (nSPS) is 14.2. The molecule has 0 aromatic carbocycles. The van der Waals surface area contributed by atoms with Gasteiger partial charge in [0.25, 0.3) is 0 Å². The summed E-state index contributed by atoms with van der Waals surface area (Å²) in [4.78, 5) is 10.6. The van der Waals surface area contributed by atoms with Crippen LogP contribution >= 0.6 is 0 Å². The summed E-state index contributed by atoms with van der Waals surface area (Å²) >= 11 is 0. The van der Waals surface area contributed by atoms with Gasteiger partial charge in [-0.05, 0) is 49.9 Å². The summed E-state index contributed by atoms with van der Waals surface area (Å²) in [7, 11) is 0. The zero-order valence-electron chi connectivity index (χ0n) is 15.8. The van der Waals surface area contributed by atoms with Crippen molar-refractivity contribution in [3.63, 3.8) is 0 Å². The molecular weight excluding hydrogens is 284 g/mol. The minimum absolute atomic E-state index is 0.0657. The number of allylic oxidation sites excluding steroid dienone is 3. The van der Waals surface area contributed by atoms with Crippen molar-refractivity contribution >= 4 is 0 Å². The van der Waals surface area contributed by atoms with Gasteiger partial charge in [-0.3, -0.25) is 0 Å². The van der Waals surface area contributed by atoms with Gasteiger partial charge in [0.05, 0.1) is 6.54 Å². The maximum Gasteiger partial charge on any atom is 0.0870 e. The molecule has 0 aromatic rings. The molecule has 0 aliphatic carbocycles. The molecule has 0 radical (unpaired) electrons. The molecule has 0 aliphatic heterocycles. The van der Waals surface area contributed by atoms with Crippen LogP contribution in [0.2, 0.25) is 0 Å². The summed E-state index contributed by atoms with van der Waals surface area (Å²) in [6.07, 6.45) is 17.3. The van der Waals surface area contributed by atoms with Crippen molar-refractivity contribution in [3.8, 4) is 0 Å². The van der Waals surface area contributed by atoms with Crippen LogP contribution in [-0.4, -0.2) is 12.6 Å². The van der Waals surface area contributed by atoms with Crippen LogP contribution in [0.4, 0.5) is 0 Å². The van der Waals surface area contributed by atoms with Crippen molar-refractivity contribution in [3.05, 3.63) is 29.2 Å². The second kappa shape index (κ2) is 13.5. The number of hydrogen-bond acceptors (Lipinski definition) is 3. The fourth-order valence-corrected chi connectivity index (χ4v) is 3.07. The van der Waals surface area contributed by atoms with Gasteiger partial charge in [-0.25, -0.2) is 0 Å². The lowest BCUT2D eigenvalue weighted by atomic mass is 9.79. The first-order valence-electron chi connectivity index (χ1n) is 9.43. The van der Waals surface area contributed by atoms with Crippen molar-refractivity contribution < 1.29 is 0 Å². The van der Waals surface area contributed by atoms with Crippen LogP contribution in [0.5, 0.6) is 0 Å². The summed E-state index contributed by atoms with van der Waals surface area (Å²) in [5, 5.41) is 3.13. The van der Waals surface area contributed by atoms with Gasteiger partial charge >= 0.3 is 0 Å². The molecule has 0 aliphatic rings. The van der Waals surface area contributed by atoms with Gasteiger partial charge in [0.1, 0.15) is 0 Å². The van der Waals surface area contributed by atoms with Gasteiger partial charge in [-0.2, -0.15) is 4.91 Å². The molecule has 0 fully saturated rings. The average Bonchev–Trinajstić information content (AvgIpc) is 2.57. The van der Waals surface area contributed by atoms with E-state index in [0.29, 0.717) is 18.5 Å². The first-order valence-corrected chi connectivity index (χ1v) is 9.43. The Morgan fingerprint density at radius 2 is 1.52 bits per heavy atom. The third-order valence-corrected chi connectivity index (χ3v) is 5.35. The predicted molar refractivity (Wildman–Crippen MR) is 102 cm³/mol. The van der Waals surface area contributed by atoms with Gasteiger partial charge < -0.3 is 5.73 Å². The van der Waals surface area contributed by atoms with Gasteiger partial charge in [-0.1, -0.05) is 70.0 Å². The molecule has 0 saturated heterocycles. The van der Waals surface area contributed by atoms with E-state index in [2.05, 4.69) is 57.2 Å². The summed E-state index contributed by atoms with van der Waals surface area (Å²) in [6, 6.07) is 0.294. The Hall–Kier alpha value is -0.960. The summed E-state index contributed by atoms with van der Waals surface area (Å²) in [5.74, 6) is 0.641. The van der Waals surface area contributed by atoms with E-state index in [9.17, 15) is 4.91 Å². The Morgan fingerprint density at radius 1 is 0.957 bits per heavy atom. The van der Waals surface area contributed by atoms with Crippen LogP contribution in [-0.2, 0) is 0 Å².